The molecule has 0 bridgehead atoms. The molecule has 0 radical (unpaired) electrons. The first kappa shape index (κ1) is 16.6. The van der Waals surface area contributed by atoms with Gasteiger partial charge in [0, 0.05) is 31.1 Å². The normalized spacial score (nSPS) is 17.0. The highest BCUT2D eigenvalue weighted by Crippen LogP contribution is 2.18. The summed E-state index contributed by atoms with van der Waals surface area (Å²) in [5, 5.41) is 3.55. The quantitative estimate of drug-likeness (QED) is 0.924. The molecular weight excluding hydrogens is 304 g/mol. The molecule has 22 heavy (non-hydrogen) atoms. The van der Waals surface area contributed by atoms with Crippen LogP contribution in [0.2, 0.25) is 5.02 Å². The van der Waals surface area contributed by atoms with Crippen LogP contribution >= 0.6 is 11.6 Å². The molecule has 1 heterocycles. The van der Waals surface area contributed by atoms with Gasteiger partial charge >= 0.3 is 0 Å². The van der Waals surface area contributed by atoms with Crippen molar-refractivity contribution >= 4 is 23.4 Å². The van der Waals surface area contributed by atoms with Crippen molar-refractivity contribution < 1.29 is 14.3 Å². The fraction of sp³-hybridized carbons (Fsp3) is 0.500. The van der Waals surface area contributed by atoms with Crippen LogP contribution in [-0.4, -0.2) is 41.9 Å². The second-order valence-electron chi connectivity index (χ2n) is 5.51. The molecule has 0 aliphatic carbocycles. The van der Waals surface area contributed by atoms with Gasteiger partial charge < -0.3 is 15.0 Å². The van der Waals surface area contributed by atoms with E-state index >= 15 is 0 Å². The number of halogens is 1. The van der Waals surface area contributed by atoms with Gasteiger partial charge in [0.1, 0.15) is 5.75 Å². The summed E-state index contributed by atoms with van der Waals surface area (Å²) in [6.45, 7) is 4.65. The van der Waals surface area contributed by atoms with E-state index < -0.39 is 6.10 Å². The number of hydrogen-bond donors (Lipinski definition) is 1. The van der Waals surface area contributed by atoms with Gasteiger partial charge in [-0.3, -0.25) is 9.59 Å². The standard InChI is InChI=1S/C16H21ClN2O3/c1-11(22-15-5-3-4-13(17)10-15)16(21)18-14-6-8-19(9-7-14)12(2)20/h3-5,10-11,14H,6-9H2,1-2H3,(H,18,21)/t11-/m0/s1. The average molecular weight is 325 g/mol. The van der Waals surface area contributed by atoms with E-state index in [1.807, 2.05) is 0 Å². The largest absolute Gasteiger partial charge is 0.481 e. The van der Waals surface area contributed by atoms with E-state index in [0.717, 1.165) is 12.8 Å². The lowest BCUT2D eigenvalue weighted by molar-refractivity contribution is -0.130. The molecule has 0 aromatic heterocycles. The van der Waals surface area contributed by atoms with E-state index in [-0.39, 0.29) is 17.9 Å². The highest BCUT2D eigenvalue weighted by Gasteiger charge is 2.24. The lowest BCUT2D eigenvalue weighted by Gasteiger charge is -2.32. The first-order valence-corrected chi connectivity index (χ1v) is 7.81. The van der Waals surface area contributed by atoms with Gasteiger partial charge in [-0.15, -0.1) is 0 Å². The van der Waals surface area contributed by atoms with E-state index in [4.69, 9.17) is 16.3 Å². The smallest absolute Gasteiger partial charge is 0.260 e. The van der Waals surface area contributed by atoms with Crippen LogP contribution in [0.15, 0.2) is 24.3 Å². The van der Waals surface area contributed by atoms with Gasteiger partial charge in [0.05, 0.1) is 0 Å². The Labute approximate surface area is 135 Å². The van der Waals surface area contributed by atoms with Crippen molar-refractivity contribution in [2.75, 3.05) is 13.1 Å². The minimum Gasteiger partial charge on any atom is -0.481 e. The zero-order valence-electron chi connectivity index (χ0n) is 12.8. The van der Waals surface area contributed by atoms with E-state index in [1.165, 1.54) is 0 Å². The average Bonchev–Trinajstić information content (AvgIpc) is 2.47. The zero-order valence-corrected chi connectivity index (χ0v) is 13.6. The molecular formula is C16H21ClN2O3. The Morgan fingerprint density at radius 1 is 1.36 bits per heavy atom. The molecule has 2 amide bonds. The van der Waals surface area contributed by atoms with Gasteiger partial charge in [0.15, 0.2) is 6.10 Å². The van der Waals surface area contributed by atoms with Crippen LogP contribution < -0.4 is 10.1 Å². The monoisotopic (exact) mass is 324 g/mol. The molecule has 1 aliphatic rings. The number of nitrogens with zero attached hydrogens (tertiary/aromatic N) is 1. The predicted molar refractivity (Wildman–Crippen MR) is 85.0 cm³/mol. The number of benzene rings is 1. The summed E-state index contributed by atoms with van der Waals surface area (Å²) in [6.07, 6.45) is 0.953. The maximum absolute atomic E-state index is 12.2. The maximum atomic E-state index is 12.2. The van der Waals surface area contributed by atoms with Crippen molar-refractivity contribution in [2.24, 2.45) is 0 Å². The second-order valence-corrected chi connectivity index (χ2v) is 5.94. The molecule has 0 spiro atoms. The number of rotatable bonds is 4. The molecule has 2 rings (SSSR count). The van der Waals surface area contributed by atoms with Gasteiger partial charge in [0.25, 0.3) is 5.91 Å². The number of carbonyl (C=O) groups excluding carboxylic acids is 2. The zero-order chi connectivity index (χ0) is 16.1. The number of piperidine rings is 1. The molecule has 120 valence electrons. The molecule has 0 saturated carbocycles. The number of carbonyl (C=O) groups is 2. The van der Waals surface area contributed by atoms with Crippen molar-refractivity contribution in [1.82, 2.24) is 10.2 Å². The van der Waals surface area contributed by atoms with Crippen molar-refractivity contribution in [1.29, 1.82) is 0 Å². The van der Waals surface area contributed by atoms with Crippen LogP contribution in [0.5, 0.6) is 5.75 Å². The Bertz CT molecular complexity index is 542. The van der Waals surface area contributed by atoms with Crippen LogP contribution in [0.4, 0.5) is 0 Å². The molecule has 1 aromatic rings. The molecule has 5 nitrogen and oxygen atoms in total. The summed E-state index contributed by atoms with van der Waals surface area (Å²) in [6, 6.07) is 7.06. The van der Waals surface area contributed by atoms with Crippen LogP contribution in [0.3, 0.4) is 0 Å². The number of nitrogens with one attached hydrogen (secondary N) is 1. The summed E-state index contributed by atoms with van der Waals surface area (Å²) < 4.78 is 5.60. The van der Waals surface area contributed by atoms with E-state index in [1.54, 1.807) is 43.0 Å². The molecule has 1 N–H and O–H groups in total. The van der Waals surface area contributed by atoms with E-state index in [9.17, 15) is 9.59 Å². The van der Waals surface area contributed by atoms with Crippen molar-refractivity contribution in [3.63, 3.8) is 0 Å². The van der Waals surface area contributed by atoms with Crippen molar-refractivity contribution in [3.8, 4) is 5.75 Å². The Balaban J connectivity index is 1.81. The summed E-state index contributed by atoms with van der Waals surface area (Å²) in [5.41, 5.74) is 0. The van der Waals surface area contributed by atoms with Crippen LogP contribution in [-0.2, 0) is 9.59 Å². The topological polar surface area (TPSA) is 58.6 Å². The predicted octanol–water partition coefficient (Wildman–Crippen LogP) is 2.23. The highest BCUT2D eigenvalue weighted by molar-refractivity contribution is 6.30. The third-order valence-corrected chi connectivity index (χ3v) is 4.00. The molecule has 1 aromatic carbocycles. The number of hydrogen-bond acceptors (Lipinski definition) is 3. The summed E-state index contributed by atoms with van der Waals surface area (Å²) in [7, 11) is 0. The fourth-order valence-electron chi connectivity index (χ4n) is 2.46. The van der Waals surface area contributed by atoms with Gasteiger partial charge in [0.2, 0.25) is 5.91 Å². The number of amides is 2. The first-order chi connectivity index (χ1) is 10.5. The summed E-state index contributed by atoms with van der Waals surface area (Å²) in [4.78, 5) is 25.2. The Morgan fingerprint density at radius 3 is 2.64 bits per heavy atom. The Hall–Kier alpha value is -1.75. The Kier molecular flexibility index (Phi) is 5.66. The molecule has 0 unspecified atom stereocenters. The van der Waals surface area contributed by atoms with Gasteiger partial charge in [-0.05, 0) is 38.0 Å². The fourth-order valence-corrected chi connectivity index (χ4v) is 2.64. The van der Waals surface area contributed by atoms with Crippen molar-refractivity contribution in [2.45, 2.75) is 38.8 Å². The minimum absolute atomic E-state index is 0.0856. The molecule has 1 saturated heterocycles. The lowest BCUT2D eigenvalue weighted by atomic mass is 10.0. The third-order valence-electron chi connectivity index (χ3n) is 3.76. The molecule has 1 aliphatic heterocycles. The first-order valence-electron chi connectivity index (χ1n) is 7.44. The van der Waals surface area contributed by atoms with Gasteiger partial charge in [-0.2, -0.15) is 0 Å². The lowest BCUT2D eigenvalue weighted by Crippen LogP contribution is -2.48. The highest BCUT2D eigenvalue weighted by atomic mass is 35.5. The van der Waals surface area contributed by atoms with E-state index in [0.29, 0.717) is 23.9 Å². The van der Waals surface area contributed by atoms with Gasteiger partial charge in [-0.25, -0.2) is 0 Å². The van der Waals surface area contributed by atoms with Crippen LogP contribution in [0.1, 0.15) is 26.7 Å². The molecule has 6 heteroatoms. The number of likely N-dealkylation sites (tertiary alicyclic amines) is 1. The minimum atomic E-state index is -0.593. The van der Waals surface area contributed by atoms with Crippen LogP contribution in [0, 0.1) is 0 Å². The third kappa shape index (κ3) is 4.63. The molecule has 1 fully saturated rings. The SMILES string of the molecule is CC(=O)N1CCC(NC(=O)[C@H](C)Oc2cccc(Cl)c2)CC1. The van der Waals surface area contributed by atoms with Crippen LogP contribution in [0.25, 0.3) is 0 Å². The summed E-state index contributed by atoms with van der Waals surface area (Å²) in [5.74, 6) is 0.505. The van der Waals surface area contributed by atoms with Gasteiger partial charge in [-0.1, -0.05) is 17.7 Å². The maximum Gasteiger partial charge on any atom is 0.260 e. The molecule has 1 atom stereocenters. The van der Waals surface area contributed by atoms with E-state index in [2.05, 4.69) is 5.32 Å². The second kappa shape index (κ2) is 7.49. The summed E-state index contributed by atoms with van der Waals surface area (Å²) >= 11 is 5.89. The van der Waals surface area contributed by atoms with Crippen molar-refractivity contribution in [3.05, 3.63) is 29.3 Å². The Morgan fingerprint density at radius 2 is 2.05 bits per heavy atom. The number of ether oxygens (including phenoxy) is 1.